The van der Waals surface area contributed by atoms with Crippen molar-refractivity contribution in [1.82, 2.24) is 4.72 Å². The monoisotopic (exact) mass is 315 g/mol. The molecule has 0 bridgehead atoms. The summed E-state index contributed by atoms with van der Waals surface area (Å²) in [4.78, 5) is 22.2. The molecule has 0 aromatic heterocycles. The Bertz CT molecular complexity index is 625. The Morgan fingerprint density at radius 2 is 2.05 bits per heavy atom. The van der Waals surface area contributed by atoms with Crippen LogP contribution in [0, 0.1) is 0 Å². The fourth-order valence-corrected chi connectivity index (χ4v) is 3.09. The van der Waals surface area contributed by atoms with Crippen LogP contribution in [0.5, 0.6) is 0 Å². The highest BCUT2D eigenvalue weighted by atomic mass is 32.2. The van der Waals surface area contributed by atoms with E-state index in [1.54, 1.807) is 6.92 Å². The number of benzene rings is 1. The van der Waals surface area contributed by atoms with Gasteiger partial charge in [-0.15, -0.1) is 0 Å². The minimum atomic E-state index is -3.82. The average Bonchev–Trinajstić information content (AvgIpc) is 2.43. The molecule has 0 amide bonds. The first-order chi connectivity index (χ1) is 9.79. The smallest absolute Gasteiger partial charge is 0.337 e. The van der Waals surface area contributed by atoms with E-state index >= 15 is 0 Å². The zero-order valence-corrected chi connectivity index (χ0v) is 12.5. The van der Waals surface area contributed by atoms with Crippen LogP contribution in [0.4, 0.5) is 0 Å². The lowest BCUT2D eigenvalue weighted by Crippen LogP contribution is -2.40. The van der Waals surface area contributed by atoms with E-state index in [0.717, 1.165) is 0 Å². The molecule has 0 radical (unpaired) electrons. The minimum Gasteiger partial charge on any atom is -0.480 e. The number of aliphatic carboxylic acids is 1. The Kier molecular flexibility index (Phi) is 5.86. The number of sulfonamides is 1. The summed E-state index contributed by atoms with van der Waals surface area (Å²) in [7, 11) is -2.59. The quantitative estimate of drug-likeness (QED) is 0.719. The number of rotatable bonds is 7. The second-order valence-corrected chi connectivity index (χ2v) is 6.12. The van der Waals surface area contributed by atoms with Gasteiger partial charge in [-0.2, -0.15) is 0 Å². The highest BCUT2D eigenvalue weighted by Crippen LogP contribution is 2.10. The number of carbonyl (C=O) groups is 2. The molecule has 0 heterocycles. The van der Waals surface area contributed by atoms with Crippen LogP contribution in [0.1, 0.15) is 29.3 Å². The number of hydrogen-bond donors (Lipinski definition) is 2. The summed E-state index contributed by atoms with van der Waals surface area (Å²) in [6.07, 6.45) is 0.136. The molecular formula is C13H17NO6S. The van der Waals surface area contributed by atoms with Gasteiger partial charge in [-0.25, -0.2) is 17.9 Å². The Morgan fingerprint density at radius 1 is 1.38 bits per heavy atom. The second kappa shape index (κ2) is 7.19. The topological polar surface area (TPSA) is 110 Å². The van der Waals surface area contributed by atoms with Crippen LogP contribution in [0.3, 0.4) is 0 Å². The summed E-state index contributed by atoms with van der Waals surface area (Å²) >= 11 is 0. The lowest BCUT2D eigenvalue weighted by molar-refractivity contribution is -0.139. The maximum atomic E-state index is 11.9. The van der Waals surface area contributed by atoms with Crippen molar-refractivity contribution in [3.8, 4) is 0 Å². The summed E-state index contributed by atoms with van der Waals surface area (Å²) in [5, 5.41) is 8.86. The maximum Gasteiger partial charge on any atom is 0.337 e. The fourth-order valence-electron chi connectivity index (χ4n) is 1.69. The molecule has 0 fully saturated rings. The molecule has 7 nitrogen and oxygen atoms in total. The first kappa shape index (κ1) is 17.1. The minimum absolute atomic E-state index is 0.136. The van der Waals surface area contributed by atoms with Gasteiger partial charge in [0.05, 0.1) is 18.4 Å². The lowest BCUT2D eigenvalue weighted by Gasteiger charge is -2.13. The van der Waals surface area contributed by atoms with E-state index in [1.165, 1.54) is 31.4 Å². The van der Waals surface area contributed by atoms with Gasteiger partial charge in [-0.05, 0) is 24.1 Å². The number of nitrogens with one attached hydrogen (secondary N) is 1. The molecule has 21 heavy (non-hydrogen) atoms. The van der Waals surface area contributed by atoms with Gasteiger partial charge in [0.15, 0.2) is 0 Å². The van der Waals surface area contributed by atoms with Gasteiger partial charge in [-0.3, -0.25) is 4.79 Å². The van der Waals surface area contributed by atoms with Crippen LogP contribution in [0.15, 0.2) is 24.3 Å². The number of methoxy groups -OCH3 is 1. The van der Waals surface area contributed by atoms with Crippen LogP contribution in [-0.4, -0.2) is 38.6 Å². The Hall–Kier alpha value is -1.93. The van der Waals surface area contributed by atoms with Crippen LogP contribution in [0.25, 0.3) is 0 Å². The molecule has 116 valence electrons. The van der Waals surface area contributed by atoms with Gasteiger partial charge in [0.2, 0.25) is 10.0 Å². The van der Waals surface area contributed by atoms with E-state index in [2.05, 4.69) is 9.46 Å². The van der Waals surface area contributed by atoms with Gasteiger partial charge in [-0.1, -0.05) is 19.1 Å². The number of carboxylic acids is 1. The molecule has 1 rings (SSSR count). The van der Waals surface area contributed by atoms with Crippen LogP contribution < -0.4 is 4.72 Å². The van der Waals surface area contributed by atoms with E-state index in [9.17, 15) is 18.0 Å². The molecule has 1 atom stereocenters. The zero-order chi connectivity index (χ0) is 16.0. The highest BCUT2D eigenvalue weighted by Gasteiger charge is 2.22. The predicted molar refractivity (Wildman–Crippen MR) is 75.3 cm³/mol. The molecule has 0 aliphatic carbocycles. The Balaban J connectivity index is 2.89. The summed E-state index contributed by atoms with van der Waals surface area (Å²) in [6.45, 7) is 1.57. The van der Waals surface area contributed by atoms with E-state index < -0.39 is 33.8 Å². The van der Waals surface area contributed by atoms with Crippen molar-refractivity contribution in [2.75, 3.05) is 7.11 Å². The molecule has 1 aromatic carbocycles. The van der Waals surface area contributed by atoms with Crippen molar-refractivity contribution in [2.24, 2.45) is 0 Å². The number of hydrogen-bond acceptors (Lipinski definition) is 5. The van der Waals surface area contributed by atoms with E-state index in [0.29, 0.717) is 5.56 Å². The molecule has 0 spiro atoms. The zero-order valence-electron chi connectivity index (χ0n) is 11.7. The molecular weight excluding hydrogens is 298 g/mol. The van der Waals surface area contributed by atoms with Gasteiger partial charge in [0, 0.05) is 0 Å². The average molecular weight is 315 g/mol. The Morgan fingerprint density at radius 3 is 2.57 bits per heavy atom. The number of esters is 1. The fraction of sp³-hybridized carbons (Fsp3) is 0.385. The highest BCUT2D eigenvalue weighted by molar-refractivity contribution is 7.88. The van der Waals surface area contributed by atoms with Crippen molar-refractivity contribution >= 4 is 22.0 Å². The number of ether oxygens (including phenoxy) is 1. The van der Waals surface area contributed by atoms with E-state index in [4.69, 9.17) is 5.11 Å². The summed E-state index contributed by atoms with van der Waals surface area (Å²) < 4.78 is 30.5. The van der Waals surface area contributed by atoms with Crippen LogP contribution >= 0.6 is 0 Å². The number of carboxylic acid groups (broad SMARTS) is 1. The second-order valence-electron chi connectivity index (χ2n) is 4.37. The molecule has 0 saturated heterocycles. The molecule has 0 unspecified atom stereocenters. The number of carbonyl (C=O) groups excluding carboxylic acids is 1. The third kappa shape index (κ3) is 5.16. The first-order valence-electron chi connectivity index (χ1n) is 6.19. The maximum absolute atomic E-state index is 11.9. The van der Waals surface area contributed by atoms with Gasteiger partial charge >= 0.3 is 11.9 Å². The molecule has 2 N–H and O–H groups in total. The van der Waals surface area contributed by atoms with Crippen molar-refractivity contribution in [2.45, 2.75) is 25.1 Å². The standard InChI is InChI=1S/C13H17NO6S/c1-3-11(12(15)16)14-21(18,19)8-9-5-4-6-10(7-9)13(17)20-2/h4-7,11,14H,3,8H2,1-2H3,(H,15,16)/t11-/m1/s1. The van der Waals surface area contributed by atoms with Gasteiger partial charge in [0.1, 0.15) is 6.04 Å². The predicted octanol–water partition coefficient (Wildman–Crippen LogP) is 0.756. The van der Waals surface area contributed by atoms with Crippen molar-refractivity contribution in [3.63, 3.8) is 0 Å². The van der Waals surface area contributed by atoms with Crippen LogP contribution in [-0.2, 0) is 25.3 Å². The molecule has 8 heteroatoms. The van der Waals surface area contributed by atoms with Gasteiger partial charge < -0.3 is 9.84 Å². The molecule has 1 aromatic rings. The largest absolute Gasteiger partial charge is 0.480 e. The third-order valence-corrected chi connectivity index (χ3v) is 4.09. The summed E-state index contributed by atoms with van der Waals surface area (Å²) in [5.74, 6) is -2.22. The van der Waals surface area contributed by atoms with E-state index in [-0.39, 0.29) is 12.0 Å². The normalized spacial score (nSPS) is 12.7. The van der Waals surface area contributed by atoms with E-state index in [1.807, 2.05) is 0 Å². The lowest BCUT2D eigenvalue weighted by atomic mass is 10.1. The molecule has 0 aliphatic rings. The SMILES string of the molecule is CC[C@@H](NS(=O)(=O)Cc1cccc(C(=O)OC)c1)C(=O)O. The molecule has 0 saturated carbocycles. The van der Waals surface area contributed by atoms with Crippen LogP contribution in [0.2, 0.25) is 0 Å². The summed E-state index contributed by atoms with van der Waals surface area (Å²) in [5.41, 5.74) is 0.598. The van der Waals surface area contributed by atoms with Gasteiger partial charge in [0.25, 0.3) is 0 Å². The summed E-state index contributed by atoms with van der Waals surface area (Å²) in [6, 6.07) is 4.80. The van der Waals surface area contributed by atoms with Crippen molar-refractivity contribution in [1.29, 1.82) is 0 Å². The third-order valence-electron chi connectivity index (χ3n) is 2.73. The first-order valence-corrected chi connectivity index (χ1v) is 7.84. The van der Waals surface area contributed by atoms with Crippen molar-refractivity contribution < 1.29 is 27.9 Å². The Labute approximate surface area is 123 Å². The molecule has 0 aliphatic heterocycles. The van der Waals surface area contributed by atoms with Crippen molar-refractivity contribution in [3.05, 3.63) is 35.4 Å².